The lowest BCUT2D eigenvalue weighted by Gasteiger charge is -2.36. The van der Waals surface area contributed by atoms with E-state index in [0.717, 1.165) is 38.6 Å². The summed E-state index contributed by atoms with van der Waals surface area (Å²) >= 11 is 0. The van der Waals surface area contributed by atoms with E-state index in [9.17, 15) is 9.90 Å². The van der Waals surface area contributed by atoms with Gasteiger partial charge < -0.3 is 9.84 Å². The fraction of sp³-hybridized carbons (Fsp3) is 0.923. The molecular weight excluding hydrogens is 218 g/mol. The van der Waals surface area contributed by atoms with Crippen LogP contribution in [0.3, 0.4) is 0 Å². The van der Waals surface area contributed by atoms with Gasteiger partial charge in [0.1, 0.15) is 0 Å². The fourth-order valence-corrected chi connectivity index (χ4v) is 2.56. The normalized spacial score (nSPS) is 19.3. The molecule has 0 aliphatic heterocycles. The number of hydrogen-bond donors (Lipinski definition) is 1. The van der Waals surface area contributed by atoms with Gasteiger partial charge >= 0.3 is 5.97 Å². The lowest BCUT2D eigenvalue weighted by atomic mass is 9.84. The van der Waals surface area contributed by atoms with Crippen molar-refractivity contribution in [1.29, 1.82) is 0 Å². The summed E-state index contributed by atoms with van der Waals surface area (Å²) in [5, 5.41) is 10.5. The molecule has 0 aromatic rings. The highest BCUT2D eigenvalue weighted by Gasteiger charge is 2.31. The summed E-state index contributed by atoms with van der Waals surface area (Å²) < 4.78 is 4.69. The van der Waals surface area contributed by atoms with Crippen LogP contribution in [0.2, 0.25) is 0 Å². The molecule has 0 amide bonds. The van der Waals surface area contributed by atoms with Crippen LogP contribution in [0, 0.1) is 0 Å². The summed E-state index contributed by atoms with van der Waals surface area (Å²) in [6.07, 6.45) is 6.09. The molecule has 0 heterocycles. The molecule has 100 valence electrons. The SMILES string of the molecule is CCCN(CC(=O)OC)CC1(O)CCCCC1. The first-order valence-electron chi connectivity index (χ1n) is 6.61. The second-order valence-electron chi connectivity index (χ2n) is 5.07. The van der Waals surface area contributed by atoms with E-state index in [1.165, 1.54) is 13.5 Å². The van der Waals surface area contributed by atoms with Crippen molar-refractivity contribution in [2.75, 3.05) is 26.7 Å². The number of rotatable bonds is 6. The van der Waals surface area contributed by atoms with Gasteiger partial charge in [-0.2, -0.15) is 0 Å². The molecule has 0 unspecified atom stereocenters. The van der Waals surface area contributed by atoms with E-state index < -0.39 is 5.60 Å². The van der Waals surface area contributed by atoms with Crippen molar-refractivity contribution in [3.8, 4) is 0 Å². The van der Waals surface area contributed by atoms with Crippen LogP contribution in [0.15, 0.2) is 0 Å². The number of hydrogen-bond acceptors (Lipinski definition) is 4. The van der Waals surface area contributed by atoms with Gasteiger partial charge in [0.2, 0.25) is 0 Å². The Bertz CT molecular complexity index is 237. The highest BCUT2D eigenvalue weighted by molar-refractivity contribution is 5.71. The molecule has 17 heavy (non-hydrogen) atoms. The summed E-state index contributed by atoms with van der Waals surface area (Å²) in [5.74, 6) is -0.224. The van der Waals surface area contributed by atoms with Crippen LogP contribution in [-0.2, 0) is 9.53 Å². The number of esters is 1. The first-order chi connectivity index (χ1) is 8.09. The maximum absolute atomic E-state index is 11.3. The lowest BCUT2D eigenvalue weighted by Crippen LogP contribution is -2.46. The largest absolute Gasteiger partial charge is 0.468 e. The van der Waals surface area contributed by atoms with Crippen LogP contribution < -0.4 is 0 Å². The van der Waals surface area contributed by atoms with E-state index in [1.54, 1.807) is 0 Å². The van der Waals surface area contributed by atoms with E-state index in [4.69, 9.17) is 0 Å². The Morgan fingerprint density at radius 3 is 2.53 bits per heavy atom. The van der Waals surface area contributed by atoms with Crippen molar-refractivity contribution in [3.05, 3.63) is 0 Å². The first kappa shape index (κ1) is 14.5. The van der Waals surface area contributed by atoms with Crippen molar-refractivity contribution in [2.45, 2.75) is 51.0 Å². The fourth-order valence-electron chi connectivity index (χ4n) is 2.56. The van der Waals surface area contributed by atoms with Gasteiger partial charge in [-0.05, 0) is 25.8 Å². The third-order valence-electron chi connectivity index (χ3n) is 3.42. The van der Waals surface area contributed by atoms with Gasteiger partial charge in [0.05, 0.1) is 19.3 Å². The Balaban J connectivity index is 2.49. The lowest BCUT2D eigenvalue weighted by molar-refractivity contribution is -0.143. The standard InChI is InChI=1S/C13H25NO3/c1-3-9-14(10-12(15)17-2)11-13(16)7-5-4-6-8-13/h16H,3-11H2,1-2H3. The first-order valence-corrected chi connectivity index (χ1v) is 6.61. The monoisotopic (exact) mass is 243 g/mol. The van der Waals surface area contributed by atoms with Gasteiger partial charge in [-0.15, -0.1) is 0 Å². The van der Waals surface area contributed by atoms with E-state index in [2.05, 4.69) is 11.7 Å². The third-order valence-corrected chi connectivity index (χ3v) is 3.42. The second kappa shape index (κ2) is 6.97. The molecular formula is C13H25NO3. The molecule has 1 N–H and O–H groups in total. The second-order valence-corrected chi connectivity index (χ2v) is 5.07. The highest BCUT2D eigenvalue weighted by atomic mass is 16.5. The Morgan fingerprint density at radius 1 is 1.35 bits per heavy atom. The molecule has 1 aliphatic carbocycles. The average molecular weight is 243 g/mol. The molecule has 0 bridgehead atoms. The maximum atomic E-state index is 11.3. The topological polar surface area (TPSA) is 49.8 Å². The molecule has 4 heteroatoms. The summed E-state index contributed by atoms with van der Waals surface area (Å²) in [6, 6.07) is 0. The number of ether oxygens (including phenoxy) is 1. The number of carbonyl (C=O) groups excluding carboxylic acids is 1. The van der Waals surface area contributed by atoms with Crippen molar-refractivity contribution in [1.82, 2.24) is 4.90 Å². The summed E-state index contributed by atoms with van der Waals surface area (Å²) in [6.45, 7) is 3.79. The van der Waals surface area contributed by atoms with Gasteiger partial charge in [-0.25, -0.2) is 0 Å². The molecule has 0 aromatic heterocycles. The van der Waals surface area contributed by atoms with Gasteiger partial charge in [0, 0.05) is 6.54 Å². The number of aliphatic hydroxyl groups is 1. The Hall–Kier alpha value is -0.610. The average Bonchev–Trinajstić information content (AvgIpc) is 2.29. The molecule has 0 atom stereocenters. The third kappa shape index (κ3) is 5.04. The van der Waals surface area contributed by atoms with Gasteiger partial charge in [0.25, 0.3) is 0 Å². The number of nitrogens with zero attached hydrogens (tertiary/aromatic N) is 1. The van der Waals surface area contributed by atoms with E-state index in [0.29, 0.717) is 6.54 Å². The quantitative estimate of drug-likeness (QED) is 0.719. The van der Waals surface area contributed by atoms with Gasteiger partial charge in [-0.3, -0.25) is 9.69 Å². The smallest absolute Gasteiger partial charge is 0.319 e. The van der Waals surface area contributed by atoms with Crippen molar-refractivity contribution in [2.24, 2.45) is 0 Å². The minimum atomic E-state index is -0.596. The molecule has 4 nitrogen and oxygen atoms in total. The minimum Gasteiger partial charge on any atom is -0.468 e. The summed E-state index contributed by atoms with van der Waals surface area (Å²) in [5.41, 5.74) is -0.596. The Morgan fingerprint density at radius 2 is 2.00 bits per heavy atom. The molecule has 0 spiro atoms. The predicted octanol–water partition coefficient (Wildman–Crippen LogP) is 1.57. The van der Waals surface area contributed by atoms with Gasteiger partial charge in [0.15, 0.2) is 0 Å². The minimum absolute atomic E-state index is 0.224. The van der Waals surface area contributed by atoms with Crippen LogP contribution in [0.25, 0.3) is 0 Å². The van der Waals surface area contributed by atoms with Crippen LogP contribution in [0.4, 0.5) is 0 Å². The zero-order valence-electron chi connectivity index (χ0n) is 11.1. The number of carbonyl (C=O) groups is 1. The van der Waals surface area contributed by atoms with Crippen LogP contribution >= 0.6 is 0 Å². The molecule has 1 saturated carbocycles. The zero-order chi connectivity index (χ0) is 12.7. The van der Waals surface area contributed by atoms with Crippen LogP contribution in [-0.4, -0.2) is 48.3 Å². The van der Waals surface area contributed by atoms with Crippen molar-refractivity contribution >= 4 is 5.97 Å². The van der Waals surface area contributed by atoms with Crippen LogP contribution in [0.1, 0.15) is 45.4 Å². The van der Waals surface area contributed by atoms with E-state index in [1.807, 2.05) is 4.90 Å². The molecule has 1 fully saturated rings. The van der Waals surface area contributed by atoms with Crippen molar-refractivity contribution < 1.29 is 14.6 Å². The Labute approximate surface area is 104 Å². The van der Waals surface area contributed by atoms with Crippen LogP contribution in [0.5, 0.6) is 0 Å². The van der Waals surface area contributed by atoms with Gasteiger partial charge in [-0.1, -0.05) is 26.2 Å². The summed E-state index contributed by atoms with van der Waals surface area (Å²) in [7, 11) is 1.40. The van der Waals surface area contributed by atoms with E-state index in [-0.39, 0.29) is 12.5 Å². The highest BCUT2D eigenvalue weighted by Crippen LogP contribution is 2.28. The summed E-state index contributed by atoms with van der Waals surface area (Å²) in [4.78, 5) is 13.3. The Kier molecular flexibility index (Phi) is 5.92. The molecule has 0 radical (unpaired) electrons. The maximum Gasteiger partial charge on any atom is 0.319 e. The van der Waals surface area contributed by atoms with Crippen molar-refractivity contribution in [3.63, 3.8) is 0 Å². The molecule has 0 saturated heterocycles. The molecule has 0 aromatic carbocycles. The predicted molar refractivity (Wildman–Crippen MR) is 66.8 cm³/mol. The van der Waals surface area contributed by atoms with E-state index >= 15 is 0 Å². The zero-order valence-corrected chi connectivity index (χ0v) is 11.1. The molecule has 1 rings (SSSR count). The number of methoxy groups -OCH3 is 1. The molecule has 1 aliphatic rings.